The first-order valence-corrected chi connectivity index (χ1v) is 8.26. The number of ether oxygens (including phenoxy) is 1. The standard InChI is InChI=1S/C15H16FNO3S/c1-21(18,19)13-6-3-5-12(10-13)20-15-11(8-9-17)4-2-7-14(15)16/h2-7,10H,8-9,17H2,1H3. The minimum absolute atomic E-state index is 0.0774. The molecular formula is C15H16FNO3S. The maximum Gasteiger partial charge on any atom is 0.175 e. The number of rotatable bonds is 5. The van der Waals surface area contributed by atoms with E-state index in [4.69, 9.17) is 10.5 Å². The first kappa shape index (κ1) is 15.5. The van der Waals surface area contributed by atoms with Crippen LogP contribution in [0.2, 0.25) is 0 Å². The van der Waals surface area contributed by atoms with E-state index in [0.29, 0.717) is 18.5 Å². The van der Waals surface area contributed by atoms with Gasteiger partial charge in [0.15, 0.2) is 21.4 Å². The molecule has 2 aromatic carbocycles. The lowest BCUT2D eigenvalue weighted by molar-refractivity contribution is 0.435. The molecular weight excluding hydrogens is 293 g/mol. The Balaban J connectivity index is 2.39. The number of sulfone groups is 1. The van der Waals surface area contributed by atoms with E-state index >= 15 is 0 Å². The minimum atomic E-state index is -3.34. The van der Waals surface area contributed by atoms with Gasteiger partial charge < -0.3 is 10.5 Å². The minimum Gasteiger partial charge on any atom is -0.454 e. The molecule has 0 atom stereocenters. The zero-order chi connectivity index (χ0) is 15.5. The molecule has 2 rings (SSSR count). The number of benzene rings is 2. The van der Waals surface area contributed by atoms with Crippen LogP contribution in [0.15, 0.2) is 47.4 Å². The van der Waals surface area contributed by atoms with E-state index < -0.39 is 15.7 Å². The highest BCUT2D eigenvalue weighted by atomic mass is 32.2. The average Bonchev–Trinajstić information content (AvgIpc) is 2.42. The van der Waals surface area contributed by atoms with Gasteiger partial charge in [0.05, 0.1) is 4.90 Å². The van der Waals surface area contributed by atoms with E-state index in [1.54, 1.807) is 24.3 Å². The van der Waals surface area contributed by atoms with Crippen LogP contribution >= 0.6 is 0 Å². The third kappa shape index (κ3) is 3.80. The van der Waals surface area contributed by atoms with Crippen LogP contribution in [0.25, 0.3) is 0 Å². The van der Waals surface area contributed by atoms with E-state index in [9.17, 15) is 12.8 Å². The van der Waals surface area contributed by atoms with Crippen molar-refractivity contribution >= 4 is 9.84 Å². The Morgan fingerprint density at radius 1 is 1.19 bits per heavy atom. The Kier molecular flexibility index (Phi) is 4.59. The van der Waals surface area contributed by atoms with Crippen LogP contribution in [0.3, 0.4) is 0 Å². The SMILES string of the molecule is CS(=O)(=O)c1cccc(Oc2c(F)cccc2CCN)c1. The van der Waals surface area contributed by atoms with Crippen LogP contribution in [-0.2, 0) is 16.3 Å². The fourth-order valence-corrected chi connectivity index (χ4v) is 2.56. The van der Waals surface area contributed by atoms with Crippen LogP contribution in [0.5, 0.6) is 11.5 Å². The summed E-state index contributed by atoms with van der Waals surface area (Å²) < 4.78 is 42.5. The third-order valence-corrected chi connectivity index (χ3v) is 4.03. The quantitative estimate of drug-likeness (QED) is 0.921. The molecule has 2 N–H and O–H groups in total. The summed E-state index contributed by atoms with van der Waals surface area (Å²) in [5.41, 5.74) is 6.14. The Morgan fingerprint density at radius 3 is 2.57 bits per heavy atom. The maximum absolute atomic E-state index is 13.9. The van der Waals surface area contributed by atoms with Crippen LogP contribution in [0.1, 0.15) is 5.56 Å². The highest BCUT2D eigenvalue weighted by Gasteiger charge is 2.13. The van der Waals surface area contributed by atoms with Crippen molar-refractivity contribution in [2.45, 2.75) is 11.3 Å². The molecule has 0 saturated carbocycles. The summed E-state index contributed by atoms with van der Waals surface area (Å²) in [5.74, 6) is -0.166. The van der Waals surface area contributed by atoms with E-state index in [0.717, 1.165) is 6.26 Å². The largest absolute Gasteiger partial charge is 0.454 e. The van der Waals surface area contributed by atoms with Crippen molar-refractivity contribution in [3.05, 3.63) is 53.8 Å². The number of hydrogen-bond donors (Lipinski definition) is 1. The second kappa shape index (κ2) is 6.24. The molecule has 0 saturated heterocycles. The Bertz CT molecular complexity index is 744. The Hall–Kier alpha value is -1.92. The maximum atomic E-state index is 13.9. The fourth-order valence-electron chi connectivity index (χ4n) is 1.91. The highest BCUT2D eigenvalue weighted by molar-refractivity contribution is 7.90. The lowest BCUT2D eigenvalue weighted by Crippen LogP contribution is -2.05. The van der Waals surface area contributed by atoms with Gasteiger partial charge in [-0.25, -0.2) is 12.8 Å². The number of halogens is 1. The van der Waals surface area contributed by atoms with Gasteiger partial charge in [-0.2, -0.15) is 0 Å². The monoisotopic (exact) mass is 309 g/mol. The zero-order valence-corrected chi connectivity index (χ0v) is 12.4. The predicted molar refractivity (Wildman–Crippen MR) is 78.8 cm³/mol. The normalized spacial score (nSPS) is 11.4. The topological polar surface area (TPSA) is 69.4 Å². The zero-order valence-electron chi connectivity index (χ0n) is 11.5. The van der Waals surface area contributed by atoms with Gasteiger partial charge in [0.1, 0.15) is 5.75 Å². The molecule has 0 aliphatic heterocycles. The fraction of sp³-hybridized carbons (Fsp3) is 0.200. The molecule has 0 aliphatic rings. The molecule has 6 heteroatoms. The van der Waals surface area contributed by atoms with Crippen LogP contribution in [0.4, 0.5) is 4.39 Å². The number of para-hydroxylation sites is 1. The van der Waals surface area contributed by atoms with Crippen molar-refractivity contribution in [3.8, 4) is 11.5 Å². The molecule has 0 aliphatic carbocycles. The van der Waals surface area contributed by atoms with Crippen LogP contribution in [-0.4, -0.2) is 21.2 Å². The van der Waals surface area contributed by atoms with Gasteiger partial charge >= 0.3 is 0 Å². The summed E-state index contributed by atoms with van der Waals surface area (Å²) in [6, 6.07) is 10.6. The van der Waals surface area contributed by atoms with Crippen molar-refractivity contribution < 1.29 is 17.5 Å². The molecule has 0 radical (unpaired) electrons. The average molecular weight is 309 g/mol. The summed E-state index contributed by atoms with van der Waals surface area (Å²) in [6.07, 6.45) is 1.58. The number of hydrogen-bond acceptors (Lipinski definition) is 4. The smallest absolute Gasteiger partial charge is 0.175 e. The molecule has 112 valence electrons. The van der Waals surface area contributed by atoms with Crippen molar-refractivity contribution in [2.75, 3.05) is 12.8 Å². The van der Waals surface area contributed by atoms with Gasteiger partial charge in [-0.3, -0.25) is 0 Å². The molecule has 0 aromatic heterocycles. The van der Waals surface area contributed by atoms with Gasteiger partial charge in [-0.05, 0) is 42.8 Å². The van der Waals surface area contributed by atoms with E-state index in [1.165, 1.54) is 18.2 Å². The molecule has 0 fully saturated rings. The molecule has 21 heavy (non-hydrogen) atoms. The van der Waals surface area contributed by atoms with Crippen molar-refractivity contribution in [1.82, 2.24) is 0 Å². The summed E-state index contributed by atoms with van der Waals surface area (Å²) >= 11 is 0. The van der Waals surface area contributed by atoms with Crippen molar-refractivity contribution in [2.24, 2.45) is 5.73 Å². The van der Waals surface area contributed by atoms with Crippen molar-refractivity contribution in [1.29, 1.82) is 0 Å². The third-order valence-electron chi connectivity index (χ3n) is 2.92. The summed E-state index contributed by atoms with van der Waals surface area (Å²) in [5, 5.41) is 0. The molecule has 2 aromatic rings. The molecule has 4 nitrogen and oxygen atoms in total. The lowest BCUT2D eigenvalue weighted by Gasteiger charge is -2.12. The van der Waals surface area contributed by atoms with Gasteiger partial charge in [0, 0.05) is 6.26 Å². The van der Waals surface area contributed by atoms with E-state index in [2.05, 4.69) is 0 Å². The summed E-state index contributed by atoms with van der Waals surface area (Å²) in [6.45, 7) is 0.364. The molecule has 0 unspecified atom stereocenters. The van der Waals surface area contributed by atoms with Gasteiger partial charge in [0.25, 0.3) is 0 Å². The summed E-state index contributed by atoms with van der Waals surface area (Å²) in [4.78, 5) is 0.122. The van der Waals surface area contributed by atoms with Gasteiger partial charge in [0.2, 0.25) is 0 Å². The Morgan fingerprint density at radius 2 is 1.90 bits per heavy atom. The number of nitrogens with two attached hydrogens (primary N) is 1. The molecule has 0 bridgehead atoms. The van der Waals surface area contributed by atoms with Crippen molar-refractivity contribution in [3.63, 3.8) is 0 Å². The van der Waals surface area contributed by atoms with Gasteiger partial charge in [-0.1, -0.05) is 18.2 Å². The predicted octanol–water partition coefficient (Wildman–Crippen LogP) is 2.52. The summed E-state index contributed by atoms with van der Waals surface area (Å²) in [7, 11) is -3.34. The van der Waals surface area contributed by atoms with Crippen LogP contribution in [0, 0.1) is 5.82 Å². The second-order valence-corrected chi connectivity index (χ2v) is 6.63. The Labute approximate surface area is 123 Å². The first-order valence-electron chi connectivity index (χ1n) is 6.37. The second-order valence-electron chi connectivity index (χ2n) is 4.62. The molecule has 0 heterocycles. The lowest BCUT2D eigenvalue weighted by atomic mass is 10.1. The molecule has 0 spiro atoms. The van der Waals surface area contributed by atoms with E-state index in [-0.39, 0.29) is 16.4 Å². The van der Waals surface area contributed by atoms with E-state index in [1.807, 2.05) is 0 Å². The first-order chi connectivity index (χ1) is 9.91. The highest BCUT2D eigenvalue weighted by Crippen LogP contribution is 2.29. The van der Waals surface area contributed by atoms with Crippen LogP contribution < -0.4 is 10.5 Å². The molecule has 0 amide bonds. The van der Waals surface area contributed by atoms with Gasteiger partial charge in [-0.15, -0.1) is 0 Å².